The fraction of sp³-hybridized carbons (Fsp3) is 0.214. The molecule has 0 aliphatic heterocycles. The van der Waals surface area contributed by atoms with Gasteiger partial charge in [-0.25, -0.2) is 0 Å². The Balaban J connectivity index is 2.28. The molecule has 6 nitrogen and oxygen atoms in total. The second-order valence-corrected chi connectivity index (χ2v) is 4.30. The van der Waals surface area contributed by atoms with Crippen molar-refractivity contribution in [1.29, 1.82) is 0 Å². The molecule has 0 aliphatic rings. The molecule has 0 saturated carbocycles. The van der Waals surface area contributed by atoms with Gasteiger partial charge < -0.3 is 9.30 Å². The van der Waals surface area contributed by atoms with Crippen molar-refractivity contribution >= 4 is 5.69 Å². The van der Waals surface area contributed by atoms with Crippen LogP contribution in [0.2, 0.25) is 0 Å². The van der Waals surface area contributed by atoms with Gasteiger partial charge in [0.1, 0.15) is 11.5 Å². The normalized spacial score (nSPS) is 10.3. The van der Waals surface area contributed by atoms with Crippen molar-refractivity contribution in [3.05, 3.63) is 62.6 Å². The number of aryl methyl sites for hydroxylation is 2. The lowest BCUT2D eigenvalue weighted by Gasteiger charge is -2.09. The summed E-state index contributed by atoms with van der Waals surface area (Å²) >= 11 is 0. The van der Waals surface area contributed by atoms with Gasteiger partial charge in [0, 0.05) is 30.9 Å². The molecule has 0 unspecified atom stereocenters. The maximum absolute atomic E-state index is 11.7. The van der Waals surface area contributed by atoms with Crippen LogP contribution >= 0.6 is 0 Å². The Morgan fingerprint density at radius 1 is 1.30 bits per heavy atom. The number of benzene rings is 1. The molecule has 2 rings (SSSR count). The first-order valence-electron chi connectivity index (χ1n) is 6.14. The summed E-state index contributed by atoms with van der Waals surface area (Å²) in [6, 6.07) is 7.41. The van der Waals surface area contributed by atoms with E-state index in [0.717, 1.165) is 0 Å². The SMILES string of the molecule is CCn1ccc(Oc2ccc([N+](=O)[O-])cc2C)cc1=O. The van der Waals surface area contributed by atoms with Crippen molar-refractivity contribution in [2.45, 2.75) is 20.4 Å². The molecule has 0 amide bonds. The summed E-state index contributed by atoms with van der Waals surface area (Å²) in [4.78, 5) is 21.9. The smallest absolute Gasteiger partial charge is 0.269 e. The van der Waals surface area contributed by atoms with E-state index in [2.05, 4.69) is 0 Å². The van der Waals surface area contributed by atoms with Crippen LogP contribution in [0.25, 0.3) is 0 Å². The number of nitro benzene ring substituents is 1. The maximum Gasteiger partial charge on any atom is 0.269 e. The zero-order valence-corrected chi connectivity index (χ0v) is 11.2. The van der Waals surface area contributed by atoms with Crippen molar-refractivity contribution < 1.29 is 9.66 Å². The lowest BCUT2D eigenvalue weighted by Crippen LogP contribution is -2.16. The fourth-order valence-corrected chi connectivity index (χ4v) is 1.80. The third kappa shape index (κ3) is 2.85. The monoisotopic (exact) mass is 274 g/mol. The van der Waals surface area contributed by atoms with Gasteiger partial charge in [0.15, 0.2) is 0 Å². The maximum atomic E-state index is 11.7. The molecule has 0 spiro atoms. The number of nitro groups is 1. The highest BCUT2D eigenvalue weighted by Gasteiger charge is 2.09. The third-order valence-corrected chi connectivity index (χ3v) is 2.91. The molecule has 2 aromatic rings. The third-order valence-electron chi connectivity index (χ3n) is 2.91. The predicted octanol–water partition coefficient (Wildman–Crippen LogP) is 2.88. The highest BCUT2D eigenvalue weighted by molar-refractivity contribution is 5.44. The van der Waals surface area contributed by atoms with E-state index in [1.165, 1.54) is 24.3 Å². The molecule has 0 bridgehead atoms. The van der Waals surface area contributed by atoms with Crippen LogP contribution in [0.3, 0.4) is 0 Å². The molecule has 0 atom stereocenters. The summed E-state index contributed by atoms with van der Waals surface area (Å²) in [6.07, 6.45) is 1.65. The highest BCUT2D eigenvalue weighted by atomic mass is 16.6. The average molecular weight is 274 g/mol. The van der Waals surface area contributed by atoms with Crippen LogP contribution in [0.4, 0.5) is 5.69 Å². The summed E-state index contributed by atoms with van der Waals surface area (Å²) in [5.74, 6) is 0.904. The largest absolute Gasteiger partial charge is 0.457 e. The molecular formula is C14H14N2O4. The molecule has 0 aliphatic carbocycles. The van der Waals surface area contributed by atoms with Crippen molar-refractivity contribution in [2.75, 3.05) is 0 Å². The van der Waals surface area contributed by atoms with Crippen LogP contribution in [0, 0.1) is 17.0 Å². The lowest BCUT2D eigenvalue weighted by atomic mass is 10.2. The summed E-state index contributed by atoms with van der Waals surface area (Å²) in [7, 11) is 0. The molecule has 0 saturated heterocycles. The Morgan fingerprint density at radius 2 is 2.05 bits per heavy atom. The van der Waals surface area contributed by atoms with Crippen LogP contribution in [0.5, 0.6) is 11.5 Å². The first-order chi connectivity index (χ1) is 9.51. The average Bonchev–Trinajstić information content (AvgIpc) is 2.41. The Morgan fingerprint density at radius 3 is 2.60 bits per heavy atom. The zero-order valence-electron chi connectivity index (χ0n) is 11.2. The predicted molar refractivity (Wildman–Crippen MR) is 74.3 cm³/mol. The van der Waals surface area contributed by atoms with E-state index >= 15 is 0 Å². The summed E-state index contributed by atoms with van der Waals surface area (Å²) < 4.78 is 7.14. The van der Waals surface area contributed by atoms with Crippen molar-refractivity contribution in [1.82, 2.24) is 4.57 Å². The molecule has 6 heteroatoms. The van der Waals surface area contributed by atoms with Crippen LogP contribution in [0.15, 0.2) is 41.3 Å². The summed E-state index contributed by atoms with van der Waals surface area (Å²) in [5, 5.41) is 10.7. The minimum atomic E-state index is -0.459. The van der Waals surface area contributed by atoms with Crippen molar-refractivity contribution in [3.63, 3.8) is 0 Å². The van der Waals surface area contributed by atoms with Gasteiger partial charge in [-0.1, -0.05) is 0 Å². The van der Waals surface area contributed by atoms with E-state index in [1.54, 1.807) is 23.8 Å². The van der Waals surface area contributed by atoms with Crippen LogP contribution < -0.4 is 10.3 Å². The molecule has 20 heavy (non-hydrogen) atoms. The molecule has 0 fully saturated rings. The molecule has 1 heterocycles. The second kappa shape index (κ2) is 5.56. The van der Waals surface area contributed by atoms with Gasteiger partial charge in [-0.2, -0.15) is 0 Å². The first-order valence-corrected chi connectivity index (χ1v) is 6.14. The number of nitrogens with zero attached hydrogens (tertiary/aromatic N) is 2. The molecule has 0 N–H and O–H groups in total. The fourth-order valence-electron chi connectivity index (χ4n) is 1.80. The molecule has 1 aromatic carbocycles. The second-order valence-electron chi connectivity index (χ2n) is 4.30. The van der Waals surface area contributed by atoms with Gasteiger partial charge in [-0.3, -0.25) is 14.9 Å². The summed E-state index contributed by atoms with van der Waals surface area (Å²) in [5.41, 5.74) is 0.500. The van der Waals surface area contributed by atoms with E-state index in [0.29, 0.717) is 23.6 Å². The van der Waals surface area contributed by atoms with Crippen molar-refractivity contribution in [2.24, 2.45) is 0 Å². The van der Waals surface area contributed by atoms with Gasteiger partial charge in [0.2, 0.25) is 0 Å². The summed E-state index contributed by atoms with van der Waals surface area (Å²) in [6.45, 7) is 4.19. The number of hydrogen-bond acceptors (Lipinski definition) is 4. The van der Waals surface area contributed by atoms with Gasteiger partial charge in [0.05, 0.1) is 4.92 Å². The molecule has 104 valence electrons. The van der Waals surface area contributed by atoms with Gasteiger partial charge in [0.25, 0.3) is 11.2 Å². The number of aromatic nitrogens is 1. The highest BCUT2D eigenvalue weighted by Crippen LogP contribution is 2.27. The van der Waals surface area contributed by atoms with Crippen molar-refractivity contribution in [3.8, 4) is 11.5 Å². The number of pyridine rings is 1. The zero-order chi connectivity index (χ0) is 14.7. The quantitative estimate of drug-likeness (QED) is 0.634. The standard InChI is InChI=1S/C14H14N2O4/c1-3-15-7-6-12(9-14(15)17)20-13-5-4-11(16(18)19)8-10(13)2/h4-9H,3H2,1-2H3. The first kappa shape index (κ1) is 13.8. The Hall–Kier alpha value is -2.63. The number of non-ortho nitro benzene ring substituents is 1. The molecule has 1 aromatic heterocycles. The van der Waals surface area contributed by atoms with Gasteiger partial charge >= 0.3 is 0 Å². The van der Waals surface area contributed by atoms with Crippen LogP contribution in [-0.2, 0) is 6.54 Å². The number of hydrogen-bond donors (Lipinski definition) is 0. The van der Waals surface area contributed by atoms with Crippen LogP contribution in [0.1, 0.15) is 12.5 Å². The van der Waals surface area contributed by atoms with Gasteiger partial charge in [-0.15, -0.1) is 0 Å². The van der Waals surface area contributed by atoms with Crippen LogP contribution in [-0.4, -0.2) is 9.49 Å². The molecule has 0 radical (unpaired) electrons. The topological polar surface area (TPSA) is 74.4 Å². The Labute approximate surface area is 115 Å². The number of rotatable bonds is 4. The Bertz CT molecular complexity index is 707. The van der Waals surface area contributed by atoms with E-state index in [4.69, 9.17) is 4.74 Å². The minimum absolute atomic E-state index is 0.0104. The van der Waals surface area contributed by atoms with E-state index in [1.807, 2.05) is 6.92 Å². The Kier molecular flexibility index (Phi) is 3.84. The van der Waals surface area contributed by atoms with E-state index in [-0.39, 0.29) is 11.2 Å². The minimum Gasteiger partial charge on any atom is -0.457 e. The van der Waals surface area contributed by atoms with E-state index in [9.17, 15) is 14.9 Å². The number of ether oxygens (including phenoxy) is 1. The van der Waals surface area contributed by atoms with E-state index < -0.39 is 4.92 Å². The van der Waals surface area contributed by atoms with Gasteiger partial charge in [-0.05, 0) is 31.5 Å². The lowest BCUT2D eigenvalue weighted by molar-refractivity contribution is -0.384. The molecular weight excluding hydrogens is 260 g/mol.